The Morgan fingerprint density at radius 1 is 0.831 bits per heavy atom. The van der Waals surface area contributed by atoms with Gasteiger partial charge in [-0.25, -0.2) is 4.68 Å². The summed E-state index contributed by atoms with van der Waals surface area (Å²) in [5.74, 6) is -4.24. The Kier molecular flexibility index (Phi) is 24.1. The van der Waals surface area contributed by atoms with Crippen LogP contribution in [0.15, 0.2) is 35.4 Å². The van der Waals surface area contributed by atoms with Crippen LogP contribution in [0.25, 0.3) is 0 Å². The maximum absolute atomic E-state index is 13.7. The summed E-state index contributed by atoms with van der Waals surface area (Å²) >= 11 is 0. The summed E-state index contributed by atoms with van der Waals surface area (Å²) in [5.41, 5.74) is -2.71. The van der Waals surface area contributed by atoms with Gasteiger partial charge in [0.05, 0.1) is 95.1 Å². The normalized spacial score (nSPS) is 15.4. The van der Waals surface area contributed by atoms with Crippen molar-refractivity contribution in [2.75, 3.05) is 86.1 Å². The fourth-order valence-electron chi connectivity index (χ4n) is 7.15. The first-order valence-electron chi connectivity index (χ1n) is 23.8. The molecule has 0 radical (unpaired) electrons. The largest absolute Gasteiger partial charge is 0.384 e. The van der Waals surface area contributed by atoms with E-state index in [1.165, 1.54) is 18.2 Å². The molecular formula is C47H77N9O14S. The fourth-order valence-corrected chi connectivity index (χ4v) is 8.19. The molecule has 0 aliphatic carbocycles. The molecule has 2 heterocycles. The molecule has 6 N–H and O–H groups in total. The number of ketones is 1. The summed E-state index contributed by atoms with van der Waals surface area (Å²) in [5, 5.41) is 32.2. The maximum atomic E-state index is 13.7. The molecular weight excluding hydrogens is 947 g/mol. The molecule has 1 aromatic carbocycles. The molecule has 3 atom stereocenters. The molecule has 71 heavy (non-hydrogen) atoms. The molecule has 23 nitrogen and oxygen atoms in total. The second kappa shape index (κ2) is 28.3. The summed E-state index contributed by atoms with van der Waals surface area (Å²) in [6, 6.07) is 2.62. The topological polar surface area (TPSA) is 297 Å². The number of aromatic nitrogens is 3. The van der Waals surface area contributed by atoms with Crippen molar-refractivity contribution in [1.82, 2.24) is 46.5 Å². The highest BCUT2D eigenvalue weighted by atomic mass is 32.2. The van der Waals surface area contributed by atoms with Crippen molar-refractivity contribution < 1.29 is 65.4 Å². The van der Waals surface area contributed by atoms with E-state index in [2.05, 4.69) is 50.7 Å². The fraction of sp³-hybridized carbons (Fsp3) is 0.702. The quantitative estimate of drug-likeness (QED) is 0.0539. The van der Waals surface area contributed by atoms with Crippen LogP contribution in [0.2, 0.25) is 0 Å². The highest BCUT2D eigenvalue weighted by molar-refractivity contribution is 7.86. The Labute approximate surface area is 417 Å². The van der Waals surface area contributed by atoms with E-state index in [0.717, 1.165) is 13.0 Å². The molecule has 0 bridgehead atoms. The van der Waals surface area contributed by atoms with Gasteiger partial charge in [-0.05, 0) is 63.6 Å². The van der Waals surface area contributed by atoms with Crippen LogP contribution in [0.3, 0.4) is 0 Å². The van der Waals surface area contributed by atoms with Crippen molar-refractivity contribution >= 4 is 45.4 Å². The number of benzene rings is 1. The second-order valence-electron chi connectivity index (χ2n) is 20.1. The SMILES string of the molecule is COCC(C)(C)COCC(C)(C)OCCn1cc(CNC(=O)c2cccc(S(=O)(=O)OCC(C)(O)C(=O)[C@H](CC(C)C)NC(=O)CNC(=O)[C@H](CC(C)C)NC(=O)CNC(=O)CN3CCOCC3)c2)nn1. The van der Waals surface area contributed by atoms with Gasteiger partial charge in [0.15, 0.2) is 5.78 Å². The standard InChI is InChI=1S/C47H77N9O14S/c1-32(2)20-37(51-40(58)25-50-44(62)38(21-33(3)4)52-39(57)24-48-41(59)27-55-14-17-67-18-15-55)42(60)47(9,63)31-70-71(64,65)36-13-11-12-34(22-36)43(61)49-23-35-26-56(54-53-35)16-19-69-46(7,8)30-68-29-45(5,6)28-66-10/h11-13,22,26,32-33,37-38,63H,14-21,23-25,27-31H2,1-10H3,(H,48,59)(H,49,61)(H,50,62)(H,51,58)(H,52,57)/t37-,38-,47?/m0/s1. The maximum Gasteiger partial charge on any atom is 0.297 e. The smallest absolute Gasteiger partial charge is 0.297 e. The van der Waals surface area contributed by atoms with Gasteiger partial charge in [0, 0.05) is 31.2 Å². The van der Waals surface area contributed by atoms with Gasteiger partial charge in [-0.2, -0.15) is 8.42 Å². The van der Waals surface area contributed by atoms with E-state index in [-0.39, 0.29) is 61.2 Å². The van der Waals surface area contributed by atoms with Crippen LogP contribution < -0.4 is 26.6 Å². The number of amides is 5. The Morgan fingerprint density at radius 2 is 1.46 bits per heavy atom. The Balaban J connectivity index is 1.51. The summed E-state index contributed by atoms with van der Waals surface area (Å²) in [7, 11) is -2.99. The molecule has 0 spiro atoms. The summed E-state index contributed by atoms with van der Waals surface area (Å²) in [6.07, 6.45) is 1.90. The van der Waals surface area contributed by atoms with Gasteiger partial charge < -0.3 is 50.6 Å². The number of nitrogens with one attached hydrogen (secondary N) is 5. The first kappa shape index (κ1) is 60.4. The lowest BCUT2D eigenvalue weighted by Crippen LogP contribution is -2.55. The molecule has 1 aliphatic heterocycles. The number of hydrogen-bond acceptors (Lipinski definition) is 17. The van der Waals surface area contributed by atoms with Crippen molar-refractivity contribution in [1.29, 1.82) is 0 Å². The van der Waals surface area contributed by atoms with Crippen molar-refractivity contribution in [2.45, 2.75) is 116 Å². The number of carbonyl (C=O) groups excluding carboxylic acids is 6. The number of hydrogen-bond donors (Lipinski definition) is 6. The van der Waals surface area contributed by atoms with Crippen LogP contribution in [-0.4, -0.2) is 178 Å². The Hall–Kier alpha value is -4.95. The minimum atomic E-state index is -4.64. The van der Waals surface area contributed by atoms with Gasteiger partial charge in [-0.15, -0.1) is 5.10 Å². The van der Waals surface area contributed by atoms with Crippen molar-refractivity contribution in [3.63, 3.8) is 0 Å². The number of morpholine rings is 1. The third kappa shape index (κ3) is 22.6. The zero-order valence-electron chi connectivity index (χ0n) is 43.0. The number of ether oxygens (including phenoxy) is 4. The van der Waals surface area contributed by atoms with Gasteiger partial charge in [-0.1, -0.05) is 52.8 Å². The molecule has 3 rings (SSSR count). The monoisotopic (exact) mass is 1020 g/mol. The number of Topliss-reactive ketones (excluding diaryl/α,β-unsaturated/α-hetero) is 1. The van der Waals surface area contributed by atoms with Crippen LogP contribution in [0, 0.1) is 17.3 Å². The molecule has 1 aliphatic rings. The molecule has 0 saturated carbocycles. The third-order valence-electron chi connectivity index (χ3n) is 10.8. The number of methoxy groups -OCH3 is 1. The Bertz CT molecular complexity index is 2180. The number of rotatable bonds is 32. The minimum Gasteiger partial charge on any atom is -0.384 e. The first-order chi connectivity index (χ1) is 33.2. The highest BCUT2D eigenvalue weighted by Crippen LogP contribution is 2.21. The predicted molar refractivity (Wildman–Crippen MR) is 259 cm³/mol. The van der Waals surface area contributed by atoms with Crippen molar-refractivity contribution in [3.05, 3.63) is 41.7 Å². The average Bonchev–Trinajstić information content (AvgIpc) is 3.75. The van der Waals surface area contributed by atoms with Gasteiger partial charge in [0.1, 0.15) is 23.9 Å². The minimum absolute atomic E-state index is 0.0232. The predicted octanol–water partition coefficient (Wildman–Crippen LogP) is 0.344. The van der Waals surface area contributed by atoms with Gasteiger partial charge in [-0.3, -0.25) is 37.9 Å². The van der Waals surface area contributed by atoms with Crippen molar-refractivity contribution in [2.24, 2.45) is 17.3 Å². The molecule has 1 aromatic heterocycles. The number of carbonyl (C=O) groups is 6. The zero-order chi connectivity index (χ0) is 53.0. The average molecular weight is 1020 g/mol. The van der Waals surface area contributed by atoms with Gasteiger partial charge >= 0.3 is 0 Å². The molecule has 2 aromatic rings. The lowest BCUT2D eigenvalue weighted by Gasteiger charge is -2.29. The molecule has 1 saturated heterocycles. The van der Waals surface area contributed by atoms with Crippen LogP contribution in [0.5, 0.6) is 0 Å². The van der Waals surface area contributed by atoms with E-state index >= 15 is 0 Å². The van der Waals surface area contributed by atoms with Crippen LogP contribution >= 0.6 is 0 Å². The summed E-state index contributed by atoms with van der Waals surface area (Å²) < 4.78 is 55.8. The first-order valence-corrected chi connectivity index (χ1v) is 25.2. The molecule has 24 heteroatoms. The lowest BCUT2D eigenvalue weighted by molar-refractivity contribution is -0.143. The van der Waals surface area contributed by atoms with Gasteiger partial charge in [0.25, 0.3) is 16.0 Å². The third-order valence-corrected chi connectivity index (χ3v) is 12.0. The van der Waals surface area contributed by atoms with E-state index < -0.39 is 80.9 Å². The van der Waals surface area contributed by atoms with E-state index in [1.54, 1.807) is 31.8 Å². The van der Waals surface area contributed by atoms with Crippen LogP contribution in [0.4, 0.5) is 0 Å². The second-order valence-corrected chi connectivity index (χ2v) is 21.7. The van der Waals surface area contributed by atoms with E-state index in [0.29, 0.717) is 65.0 Å². The van der Waals surface area contributed by atoms with Crippen LogP contribution in [-0.2, 0) is 70.3 Å². The molecule has 5 amide bonds. The summed E-state index contributed by atoms with van der Waals surface area (Å²) in [4.78, 5) is 79.7. The number of aliphatic hydroxyl groups is 1. The van der Waals surface area contributed by atoms with Gasteiger partial charge in [0.2, 0.25) is 23.6 Å². The van der Waals surface area contributed by atoms with E-state index in [9.17, 15) is 42.3 Å². The van der Waals surface area contributed by atoms with E-state index in [1.807, 2.05) is 32.6 Å². The van der Waals surface area contributed by atoms with Crippen LogP contribution in [0.1, 0.15) is 91.2 Å². The molecule has 1 fully saturated rings. The number of nitrogens with zero attached hydrogens (tertiary/aromatic N) is 4. The summed E-state index contributed by atoms with van der Waals surface area (Å²) in [6.45, 7) is 18.7. The lowest BCUT2D eigenvalue weighted by atomic mass is 9.90. The van der Waals surface area contributed by atoms with Crippen molar-refractivity contribution in [3.8, 4) is 0 Å². The highest BCUT2D eigenvalue weighted by Gasteiger charge is 2.39. The van der Waals surface area contributed by atoms with E-state index in [4.69, 9.17) is 23.1 Å². The zero-order valence-corrected chi connectivity index (χ0v) is 43.8. The molecule has 400 valence electrons. The Morgan fingerprint density at radius 3 is 2.11 bits per heavy atom. The molecule has 1 unspecified atom stereocenters.